The minimum Gasteiger partial charge on any atom is -0.358 e. The molecule has 7 heteroatoms. The van der Waals surface area contributed by atoms with E-state index < -0.39 is 6.04 Å². The number of fused-ring (bicyclic) bond motifs is 3. The molecular formula is C20H22N4O2S. The van der Waals surface area contributed by atoms with Crippen LogP contribution in [0.4, 0.5) is 5.82 Å². The van der Waals surface area contributed by atoms with Crippen molar-refractivity contribution in [3.05, 3.63) is 40.7 Å². The summed E-state index contributed by atoms with van der Waals surface area (Å²) < 4.78 is 1.62. The molecule has 6 nitrogen and oxygen atoms in total. The average molecular weight is 382 g/mol. The first-order valence-corrected chi connectivity index (χ1v) is 9.81. The molecule has 1 aromatic carbocycles. The zero-order valence-corrected chi connectivity index (χ0v) is 15.8. The van der Waals surface area contributed by atoms with E-state index in [4.69, 9.17) is 12.2 Å². The smallest absolute Gasteiger partial charge is 0.257 e. The number of hydrogen-bond acceptors (Lipinski definition) is 5. The Labute approximate surface area is 162 Å². The lowest BCUT2D eigenvalue weighted by Crippen LogP contribution is -2.34. The number of hydrogen-bond donors (Lipinski definition) is 2. The van der Waals surface area contributed by atoms with Crippen molar-refractivity contribution in [3.8, 4) is 0 Å². The molecular weight excluding hydrogens is 360 g/mol. The van der Waals surface area contributed by atoms with Gasteiger partial charge >= 0.3 is 0 Å². The number of amides is 1. The molecule has 0 bridgehead atoms. The van der Waals surface area contributed by atoms with Crippen LogP contribution >= 0.6 is 12.2 Å². The van der Waals surface area contributed by atoms with Gasteiger partial charge in [0, 0.05) is 11.9 Å². The summed E-state index contributed by atoms with van der Waals surface area (Å²) >= 11 is 5.28. The summed E-state index contributed by atoms with van der Waals surface area (Å²) in [5.74, 6) is 0.271. The van der Waals surface area contributed by atoms with E-state index >= 15 is 0 Å². The Balaban J connectivity index is 1.41. The number of carbonyl (C=O) groups is 2. The molecule has 0 radical (unpaired) electrons. The van der Waals surface area contributed by atoms with Gasteiger partial charge in [-0.05, 0) is 56.5 Å². The molecule has 2 aliphatic rings. The van der Waals surface area contributed by atoms with Gasteiger partial charge in [0.1, 0.15) is 11.9 Å². The summed E-state index contributed by atoms with van der Waals surface area (Å²) in [5.41, 5.74) is 2.16. The molecule has 2 aromatic rings. The molecule has 4 rings (SSSR count). The topological polar surface area (TPSA) is 76.0 Å². The Kier molecular flexibility index (Phi) is 5.03. The zero-order valence-electron chi connectivity index (χ0n) is 15.0. The van der Waals surface area contributed by atoms with Crippen molar-refractivity contribution in [3.63, 3.8) is 0 Å². The number of carbonyl (C=O) groups excluding carboxylic acids is 2. The molecule has 0 saturated heterocycles. The largest absolute Gasteiger partial charge is 0.358 e. The maximum absolute atomic E-state index is 12.7. The van der Waals surface area contributed by atoms with Gasteiger partial charge in [-0.2, -0.15) is 0 Å². The lowest BCUT2D eigenvalue weighted by atomic mass is 9.97. The van der Waals surface area contributed by atoms with Crippen LogP contribution in [0.25, 0.3) is 10.9 Å². The second kappa shape index (κ2) is 7.60. The van der Waals surface area contributed by atoms with Gasteiger partial charge in [-0.15, -0.1) is 0 Å². The number of aromatic nitrogens is 2. The van der Waals surface area contributed by atoms with Crippen LogP contribution in [-0.4, -0.2) is 34.0 Å². The lowest BCUT2D eigenvalue weighted by molar-refractivity contribution is -0.121. The molecule has 1 aromatic heterocycles. The molecule has 0 saturated carbocycles. The predicted molar refractivity (Wildman–Crippen MR) is 107 cm³/mol. The Morgan fingerprint density at radius 3 is 3.00 bits per heavy atom. The summed E-state index contributed by atoms with van der Waals surface area (Å²) in [6.07, 6.45) is 8.03. The summed E-state index contributed by atoms with van der Waals surface area (Å²) in [5, 5.41) is 6.93. The Bertz CT molecular complexity index is 995. The maximum Gasteiger partial charge on any atom is 0.257 e. The van der Waals surface area contributed by atoms with E-state index in [1.807, 2.05) is 24.3 Å². The van der Waals surface area contributed by atoms with Gasteiger partial charge in [0.25, 0.3) is 5.91 Å². The molecule has 0 spiro atoms. The molecule has 1 aliphatic carbocycles. The summed E-state index contributed by atoms with van der Waals surface area (Å²) in [6, 6.07) is 6.90. The van der Waals surface area contributed by atoms with Crippen LogP contribution in [0.15, 0.2) is 35.9 Å². The van der Waals surface area contributed by atoms with Gasteiger partial charge in [0.15, 0.2) is 0 Å². The first-order valence-electron chi connectivity index (χ1n) is 9.40. The first-order chi connectivity index (χ1) is 13.1. The Hall–Kier alpha value is -2.54. The highest BCUT2D eigenvalue weighted by atomic mass is 32.1. The second-order valence-electron chi connectivity index (χ2n) is 7.04. The SMILES string of the molecule is O=C(CC1Nc2c3ccccc3nc(=S)n2C1=O)NCCC1=CCCCC1. The van der Waals surface area contributed by atoms with E-state index in [1.165, 1.54) is 23.0 Å². The van der Waals surface area contributed by atoms with Gasteiger partial charge < -0.3 is 10.6 Å². The fraction of sp³-hybridized carbons (Fsp3) is 0.400. The van der Waals surface area contributed by atoms with Crippen LogP contribution in [0.1, 0.15) is 43.3 Å². The monoisotopic (exact) mass is 382 g/mol. The van der Waals surface area contributed by atoms with Crippen molar-refractivity contribution in [2.75, 3.05) is 11.9 Å². The van der Waals surface area contributed by atoms with Crippen molar-refractivity contribution in [2.24, 2.45) is 0 Å². The van der Waals surface area contributed by atoms with Crippen LogP contribution in [0.3, 0.4) is 0 Å². The number of allylic oxidation sites excluding steroid dienone is 1. The molecule has 0 fully saturated rings. The average Bonchev–Trinajstić information content (AvgIpc) is 3.00. The van der Waals surface area contributed by atoms with Gasteiger partial charge in [-0.1, -0.05) is 23.8 Å². The van der Waals surface area contributed by atoms with Crippen LogP contribution in [0.5, 0.6) is 0 Å². The standard InChI is InChI=1S/C20H22N4O2S/c25-17(21-11-10-13-6-2-1-3-7-13)12-16-19(26)24-18(22-16)14-8-4-5-9-15(14)23-20(24)27/h4-6,8-9,16,22H,1-3,7,10-12H2,(H,21,25). The highest BCUT2D eigenvalue weighted by Gasteiger charge is 2.33. The summed E-state index contributed by atoms with van der Waals surface area (Å²) in [4.78, 5) is 29.4. The van der Waals surface area contributed by atoms with E-state index in [1.54, 1.807) is 0 Å². The molecule has 27 heavy (non-hydrogen) atoms. The molecule has 2 N–H and O–H groups in total. The number of nitrogens with zero attached hydrogens (tertiary/aromatic N) is 2. The zero-order chi connectivity index (χ0) is 18.8. The summed E-state index contributed by atoms with van der Waals surface area (Å²) in [7, 11) is 0. The lowest BCUT2D eigenvalue weighted by Gasteiger charge is -2.13. The van der Waals surface area contributed by atoms with Gasteiger partial charge in [0.05, 0.1) is 11.9 Å². The number of benzene rings is 1. The minimum atomic E-state index is -0.617. The third kappa shape index (κ3) is 3.64. The van der Waals surface area contributed by atoms with Gasteiger partial charge in [-0.25, -0.2) is 9.55 Å². The van der Waals surface area contributed by atoms with Crippen LogP contribution in [0.2, 0.25) is 0 Å². The molecule has 2 heterocycles. The van der Waals surface area contributed by atoms with Crippen LogP contribution in [0, 0.1) is 4.77 Å². The molecule has 140 valence electrons. The van der Waals surface area contributed by atoms with E-state index in [0.29, 0.717) is 12.4 Å². The normalized spacial score (nSPS) is 18.7. The van der Waals surface area contributed by atoms with E-state index in [0.717, 1.165) is 30.2 Å². The number of rotatable bonds is 5. The molecule has 1 atom stereocenters. The van der Waals surface area contributed by atoms with E-state index in [2.05, 4.69) is 21.7 Å². The third-order valence-corrected chi connectivity index (χ3v) is 5.44. The Morgan fingerprint density at radius 1 is 1.33 bits per heavy atom. The summed E-state index contributed by atoms with van der Waals surface area (Å²) in [6.45, 7) is 0.614. The van der Waals surface area contributed by atoms with Crippen LogP contribution in [-0.2, 0) is 4.79 Å². The quantitative estimate of drug-likeness (QED) is 0.610. The van der Waals surface area contributed by atoms with E-state index in [9.17, 15) is 9.59 Å². The van der Waals surface area contributed by atoms with E-state index in [-0.39, 0.29) is 23.0 Å². The number of anilines is 1. The molecule has 1 unspecified atom stereocenters. The van der Waals surface area contributed by atoms with Gasteiger partial charge in [-0.3, -0.25) is 9.59 Å². The van der Waals surface area contributed by atoms with Gasteiger partial charge in [0.2, 0.25) is 10.7 Å². The van der Waals surface area contributed by atoms with Crippen molar-refractivity contribution in [1.29, 1.82) is 0 Å². The number of nitrogens with one attached hydrogen (secondary N) is 2. The fourth-order valence-electron chi connectivity index (χ4n) is 3.76. The van der Waals surface area contributed by atoms with Crippen molar-refractivity contribution < 1.29 is 9.59 Å². The van der Waals surface area contributed by atoms with Crippen molar-refractivity contribution in [1.82, 2.24) is 14.9 Å². The maximum atomic E-state index is 12.7. The van der Waals surface area contributed by atoms with Crippen molar-refractivity contribution in [2.45, 2.75) is 44.6 Å². The first kappa shape index (κ1) is 17.9. The minimum absolute atomic E-state index is 0.0860. The highest BCUT2D eigenvalue weighted by molar-refractivity contribution is 7.71. The Morgan fingerprint density at radius 2 is 2.19 bits per heavy atom. The molecule has 1 amide bonds. The molecule has 1 aliphatic heterocycles. The fourth-order valence-corrected chi connectivity index (χ4v) is 4.04. The second-order valence-corrected chi connectivity index (χ2v) is 7.41. The van der Waals surface area contributed by atoms with Crippen LogP contribution < -0.4 is 10.6 Å². The number of para-hydroxylation sites is 1. The predicted octanol–water partition coefficient (Wildman–Crippen LogP) is 3.60. The highest BCUT2D eigenvalue weighted by Crippen LogP contribution is 2.28. The van der Waals surface area contributed by atoms with Crippen molar-refractivity contribution >= 4 is 40.8 Å². The third-order valence-electron chi connectivity index (χ3n) is 5.16.